The van der Waals surface area contributed by atoms with Crippen molar-refractivity contribution in [3.8, 4) is 5.75 Å². The summed E-state index contributed by atoms with van der Waals surface area (Å²) in [5.41, 5.74) is 1.21. The van der Waals surface area contributed by atoms with Gasteiger partial charge < -0.3 is 14.8 Å². The van der Waals surface area contributed by atoms with Crippen LogP contribution in [-0.2, 0) is 11.3 Å². The predicted molar refractivity (Wildman–Crippen MR) is 73.5 cm³/mol. The van der Waals surface area contributed by atoms with Crippen molar-refractivity contribution in [3.05, 3.63) is 28.2 Å². The first kappa shape index (κ1) is 14.5. The molecule has 96 valence electrons. The van der Waals surface area contributed by atoms with Crippen molar-refractivity contribution in [2.45, 2.75) is 20.4 Å². The van der Waals surface area contributed by atoms with E-state index in [-0.39, 0.29) is 0 Å². The van der Waals surface area contributed by atoms with Crippen LogP contribution in [0.15, 0.2) is 22.7 Å². The topological polar surface area (TPSA) is 30.5 Å². The average molecular weight is 302 g/mol. The summed E-state index contributed by atoms with van der Waals surface area (Å²) in [6.07, 6.45) is 0. The lowest BCUT2D eigenvalue weighted by Crippen LogP contribution is -2.12. The third-order valence-electron chi connectivity index (χ3n) is 2.28. The van der Waals surface area contributed by atoms with Crippen LogP contribution in [0.1, 0.15) is 19.4 Å². The first-order chi connectivity index (χ1) is 8.27. The van der Waals surface area contributed by atoms with E-state index < -0.39 is 0 Å². The minimum absolute atomic E-state index is 0.593. The Kier molecular flexibility index (Phi) is 7.24. The Balaban J connectivity index is 2.49. The van der Waals surface area contributed by atoms with Gasteiger partial charge in [0, 0.05) is 17.6 Å². The van der Waals surface area contributed by atoms with Crippen molar-refractivity contribution in [3.63, 3.8) is 0 Å². The van der Waals surface area contributed by atoms with Crippen LogP contribution in [0, 0.1) is 0 Å². The van der Waals surface area contributed by atoms with Gasteiger partial charge in [-0.1, -0.05) is 22.9 Å². The Morgan fingerprint density at radius 3 is 2.76 bits per heavy atom. The number of nitrogens with one attached hydrogen (secondary N) is 1. The molecule has 17 heavy (non-hydrogen) atoms. The van der Waals surface area contributed by atoms with E-state index in [1.165, 1.54) is 5.56 Å². The van der Waals surface area contributed by atoms with Crippen molar-refractivity contribution < 1.29 is 9.47 Å². The van der Waals surface area contributed by atoms with Crippen LogP contribution in [0.4, 0.5) is 0 Å². The van der Waals surface area contributed by atoms with E-state index in [0.717, 1.165) is 29.9 Å². The Hall–Kier alpha value is -0.580. The first-order valence-electron chi connectivity index (χ1n) is 5.97. The van der Waals surface area contributed by atoms with Crippen LogP contribution in [0.5, 0.6) is 5.75 Å². The van der Waals surface area contributed by atoms with Crippen molar-refractivity contribution >= 4 is 15.9 Å². The Bertz CT molecular complexity index is 331. The van der Waals surface area contributed by atoms with E-state index in [1.807, 2.05) is 19.1 Å². The maximum absolute atomic E-state index is 5.61. The molecule has 1 N–H and O–H groups in total. The summed E-state index contributed by atoms with van der Waals surface area (Å²) in [6, 6.07) is 6.03. The number of halogens is 1. The monoisotopic (exact) mass is 301 g/mol. The molecule has 1 rings (SSSR count). The van der Waals surface area contributed by atoms with Crippen LogP contribution in [0.2, 0.25) is 0 Å². The Morgan fingerprint density at radius 1 is 1.24 bits per heavy atom. The van der Waals surface area contributed by atoms with E-state index in [2.05, 4.69) is 34.2 Å². The fourth-order valence-corrected chi connectivity index (χ4v) is 1.79. The lowest BCUT2D eigenvalue weighted by atomic mass is 10.2. The molecule has 3 nitrogen and oxygen atoms in total. The maximum Gasteiger partial charge on any atom is 0.119 e. The molecule has 0 aliphatic rings. The number of hydrogen-bond acceptors (Lipinski definition) is 3. The van der Waals surface area contributed by atoms with Gasteiger partial charge in [0.05, 0.1) is 6.61 Å². The SMILES string of the molecule is CCNCc1cc(OCCOCC)ccc1Br. The second-order valence-corrected chi connectivity index (χ2v) is 4.43. The molecule has 0 heterocycles. The molecule has 1 aromatic carbocycles. The lowest BCUT2D eigenvalue weighted by molar-refractivity contribution is 0.110. The molecule has 0 saturated carbocycles. The molecular formula is C13H20BrNO2. The van der Waals surface area contributed by atoms with Gasteiger partial charge in [0.15, 0.2) is 0 Å². The highest BCUT2D eigenvalue weighted by molar-refractivity contribution is 9.10. The smallest absolute Gasteiger partial charge is 0.119 e. The zero-order valence-electron chi connectivity index (χ0n) is 10.5. The summed E-state index contributed by atoms with van der Waals surface area (Å²) in [5, 5.41) is 3.30. The fourth-order valence-electron chi connectivity index (χ4n) is 1.40. The van der Waals surface area contributed by atoms with Crippen molar-refractivity contribution in [2.24, 2.45) is 0 Å². The van der Waals surface area contributed by atoms with Crippen LogP contribution in [0.3, 0.4) is 0 Å². The highest BCUT2D eigenvalue weighted by atomic mass is 79.9. The van der Waals surface area contributed by atoms with Crippen LogP contribution in [-0.4, -0.2) is 26.4 Å². The van der Waals surface area contributed by atoms with Gasteiger partial charge in [0.25, 0.3) is 0 Å². The maximum atomic E-state index is 5.61. The van der Waals surface area contributed by atoms with Crippen molar-refractivity contribution in [1.82, 2.24) is 5.32 Å². The molecule has 0 bridgehead atoms. The third-order valence-corrected chi connectivity index (χ3v) is 3.06. The molecule has 0 atom stereocenters. The van der Waals surface area contributed by atoms with E-state index >= 15 is 0 Å². The summed E-state index contributed by atoms with van der Waals surface area (Å²) in [6.45, 7) is 7.84. The molecule has 0 spiro atoms. The van der Waals surface area contributed by atoms with Crippen molar-refractivity contribution in [2.75, 3.05) is 26.4 Å². The molecule has 0 amide bonds. The highest BCUT2D eigenvalue weighted by Gasteiger charge is 2.02. The Morgan fingerprint density at radius 2 is 2.06 bits per heavy atom. The highest BCUT2D eigenvalue weighted by Crippen LogP contribution is 2.22. The zero-order valence-corrected chi connectivity index (χ0v) is 12.0. The lowest BCUT2D eigenvalue weighted by Gasteiger charge is -2.10. The Labute approximate surface area is 112 Å². The second kappa shape index (κ2) is 8.50. The minimum atomic E-state index is 0.593. The molecule has 0 aliphatic heterocycles. The number of benzene rings is 1. The molecular weight excluding hydrogens is 282 g/mol. The van der Waals surface area contributed by atoms with Gasteiger partial charge in [-0.15, -0.1) is 0 Å². The molecule has 0 aliphatic carbocycles. The van der Waals surface area contributed by atoms with E-state index in [4.69, 9.17) is 9.47 Å². The summed E-state index contributed by atoms with van der Waals surface area (Å²) in [7, 11) is 0. The normalized spacial score (nSPS) is 10.5. The van der Waals surface area contributed by atoms with Crippen molar-refractivity contribution in [1.29, 1.82) is 0 Å². The van der Waals surface area contributed by atoms with E-state index in [0.29, 0.717) is 13.2 Å². The quantitative estimate of drug-likeness (QED) is 0.749. The van der Waals surface area contributed by atoms with E-state index in [9.17, 15) is 0 Å². The molecule has 0 unspecified atom stereocenters. The molecule has 0 fully saturated rings. The average Bonchev–Trinajstić information content (AvgIpc) is 2.35. The molecule has 0 saturated heterocycles. The molecule has 4 heteroatoms. The number of ether oxygens (including phenoxy) is 2. The van der Waals surface area contributed by atoms with Gasteiger partial charge in [0.1, 0.15) is 12.4 Å². The van der Waals surface area contributed by atoms with Gasteiger partial charge in [-0.05, 0) is 37.2 Å². The minimum Gasteiger partial charge on any atom is -0.491 e. The zero-order chi connectivity index (χ0) is 12.5. The number of hydrogen-bond donors (Lipinski definition) is 1. The standard InChI is InChI=1S/C13H20BrNO2/c1-3-15-10-11-9-12(5-6-13(11)14)17-8-7-16-4-2/h5-6,9,15H,3-4,7-8,10H2,1-2H3. The summed E-state index contributed by atoms with van der Waals surface area (Å²) in [4.78, 5) is 0. The largest absolute Gasteiger partial charge is 0.491 e. The molecule has 0 aromatic heterocycles. The van der Waals surface area contributed by atoms with E-state index in [1.54, 1.807) is 0 Å². The third kappa shape index (κ3) is 5.52. The van der Waals surface area contributed by atoms with Crippen LogP contribution < -0.4 is 10.1 Å². The van der Waals surface area contributed by atoms with Crippen LogP contribution in [0.25, 0.3) is 0 Å². The molecule has 1 aromatic rings. The summed E-state index contributed by atoms with van der Waals surface area (Å²) < 4.78 is 11.9. The summed E-state index contributed by atoms with van der Waals surface area (Å²) >= 11 is 3.53. The predicted octanol–water partition coefficient (Wildman–Crippen LogP) is 2.97. The fraction of sp³-hybridized carbons (Fsp3) is 0.538. The summed E-state index contributed by atoms with van der Waals surface area (Å²) in [5.74, 6) is 0.890. The number of rotatable bonds is 8. The second-order valence-electron chi connectivity index (χ2n) is 3.58. The molecule has 0 radical (unpaired) electrons. The van der Waals surface area contributed by atoms with Gasteiger partial charge >= 0.3 is 0 Å². The van der Waals surface area contributed by atoms with Gasteiger partial charge in [-0.25, -0.2) is 0 Å². The van der Waals surface area contributed by atoms with Gasteiger partial charge in [0.2, 0.25) is 0 Å². The van der Waals surface area contributed by atoms with Gasteiger partial charge in [-0.3, -0.25) is 0 Å². The van der Waals surface area contributed by atoms with Gasteiger partial charge in [-0.2, -0.15) is 0 Å². The van der Waals surface area contributed by atoms with Crippen LogP contribution >= 0.6 is 15.9 Å². The first-order valence-corrected chi connectivity index (χ1v) is 6.77.